The van der Waals surface area contributed by atoms with Crippen molar-refractivity contribution in [2.75, 3.05) is 6.61 Å². The van der Waals surface area contributed by atoms with Gasteiger partial charge in [-0.2, -0.15) is 0 Å². The van der Waals surface area contributed by atoms with Crippen molar-refractivity contribution in [1.82, 2.24) is 0 Å². The quantitative estimate of drug-likeness (QED) is 0.520. The van der Waals surface area contributed by atoms with Crippen LogP contribution in [0.1, 0.15) is 20.3 Å². The van der Waals surface area contributed by atoms with Crippen LogP contribution in [0.2, 0.25) is 0 Å². The maximum atomic E-state index is 11.8. The van der Waals surface area contributed by atoms with Crippen molar-refractivity contribution in [1.29, 1.82) is 0 Å². The molecule has 0 aromatic rings. The number of epoxide rings is 1. The second-order valence-electron chi connectivity index (χ2n) is 4.87. The highest BCUT2D eigenvalue weighted by Crippen LogP contribution is 2.47. The van der Waals surface area contributed by atoms with Crippen molar-refractivity contribution in [2.24, 2.45) is 5.92 Å². The number of aliphatic hydroxyl groups excluding tert-OH is 3. The summed E-state index contributed by atoms with van der Waals surface area (Å²) in [6, 6.07) is 0. The van der Waals surface area contributed by atoms with Gasteiger partial charge in [0, 0.05) is 6.08 Å². The van der Waals surface area contributed by atoms with Crippen molar-refractivity contribution in [3.63, 3.8) is 0 Å². The van der Waals surface area contributed by atoms with Gasteiger partial charge in [-0.05, 0) is 12.3 Å². The highest BCUT2D eigenvalue weighted by molar-refractivity contribution is 5.88. The Balaban J connectivity index is 2.02. The minimum atomic E-state index is -1.47. The molecule has 0 radical (unpaired) electrons. The van der Waals surface area contributed by atoms with E-state index in [1.54, 1.807) is 0 Å². The van der Waals surface area contributed by atoms with Crippen LogP contribution >= 0.6 is 0 Å². The Morgan fingerprint density at radius 1 is 1.50 bits per heavy atom. The van der Waals surface area contributed by atoms with Crippen LogP contribution in [0.15, 0.2) is 23.4 Å². The fraction of sp³-hybridized carbons (Fsp3) is 0.583. The summed E-state index contributed by atoms with van der Waals surface area (Å²) in [6.07, 6.45) is 0.819. The van der Waals surface area contributed by atoms with Gasteiger partial charge in [0.1, 0.15) is 0 Å². The van der Waals surface area contributed by atoms with Gasteiger partial charge in [0.15, 0.2) is 23.4 Å². The lowest BCUT2D eigenvalue weighted by Gasteiger charge is -2.14. The average molecular weight is 256 g/mol. The van der Waals surface area contributed by atoms with Crippen molar-refractivity contribution in [3.05, 3.63) is 23.4 Å². The zero-order valence-corrected chi connectivity index (χ0v) is 10.2. The van der Waals surface area contributed by atoms with E-state index in [-0.39, 0.29) is 6.61 Å². The molecule has 0 saturated carbocycles. The number of aliphatic hydroxyl groups is 3. The molecular formula is C12H16O6. The molecule has 18 heavy (non-hydrogen) atoms. The van der Waals surface area contributed by atoms with Crippen LogP contribution < -0.4 is 0 Å². The second kappa shape index (κ2) is 4.20. The third-order valence-corrected chi connectivity index (χ3v) is 2.98. The summed E-state index contributed by atoms with van der Waals surface area (Å²) in [5.74, 6) is -2.06. The lowest BCUT2D eigenvalue weighted by Crippen LogP contribution is -2.31. The van der Waals surface area contributed by atoms with E-state index in [0.29, 0.717) is 5.92 Å². The number of esters is 1. The molecule has 2 atom stereocenters. The van der Waals surface area contributed by atoms with E-state index in [9.17, 15) is 20.1 Å². The average Bonchev–Trinajstić information content (AvgIpc) is 3.01. The summed E-state index contributed by atoms with van der Waals surface area (Å²) in [5.41, 5.74) is -1.47. The van der Waals surface area contributed by atoms with E-state index in [0.717, 1.165) is 12.5 Å². The lowest BCUT2D eigenvalue weighted by atomic mass is 9.97. The van der Waals surface area contributed by atoms with Crippen LogP contribution in [0.4, 0.5) is 0 Å². The van der Waals surface area contributed by atoms with Crippen LogP contribution in [0.25, 0.3) is 0 Å². The predicted molar refractivity (Wildman–Crippen MR) is 61.0 cm³/mol. The number of hydrogen-bond acceptors (Lipinski definition) is 6. The largest absolute Gasteiger partial charge is 0.506 e. The molecule has 6 heteroatoms. The first-order valence-corrected chi connectivity index (χ1v) is 5.78. The van der Waals surface area contributed by atoms with Crippen LogP contribution in [0, 0.1) is 5.92 Å². The Morgan fingerprint density at radius 2 is 2.17 bits per heavy atom. The molecule has 0 amide bonds. The van der Waals surface area contributed by atoms with Gasteiger partial charge >= 0.3 is 5.97 Å². The maximum Gasteiger partial charge on any atom is 0.345 e. The summed E-state index contributed by atoms with van der Waals surface area (Å²) in [7, 11) is 0. The molecule has 2 unspecified atom stereocenters. The van der Waals surface area contributed by atoms with Crippen molar-refractivity contribution in [2.45, 2.75) is 32.0 Å². The zero-order chi connectivity index (χ0) is 13.5. The monoisotopic (exact) mass is 256 g/mol. The summed E-state index contributed by atoms with van der Waals surface area (Å²) < 4.78 is 10.1. The van der Waals surface area contributed by atoms with Crippen molar-refractivity contribution < 1.29 is 29.6 Å². The Labute approximate surface area is 104 Å². The van der Waals surface area contributed by atoms with Crippen molar-refractivity contribution >= 4 is 5.97 Å². The molecule has 0 spiro atoms. The number of carbonyl (C=O) groups excluding carboxylic acids is 1. The topological polar surface area (TPSA) is 99.5 Å². The number of carbonyl (C=O) groups is 1. The molecule has 6 nitrogen and oxygen atoms in total. The molecule has 2 rings (SSSR count). The number of fused-ring (bicyclic) bond motifs is 1. The Hall–Kier alpha value is -1.69. The summed E-state index contributed by atoms with van der Waals surface area (Å²) >= 11 is 0. The van der Waals surface area contributed by atoms with E-state index in [1.165, 1.54) is 0 Å². The fourth-order valence-corrected chi connectivity index (χ4v) is 1.77. The van der Waals surface area contributed by atoms with Crippen molar-refractivity contribution in [3.8, 4) is 0 Å². The van der Waals surface area contributed by atoms with Crippen LogP contribution in [0.3, 0.4) is 0 Å². The van der Waals surface area contributed by atoms with Crippen LogP contribution in [-0.2, 0) is 14.3 Å². The highest BCUT2D eigenvalue weighted by atomic mass is 16.7. The van der Waals surface area contributed by atoms with Gasteiger partial charge in [-0.1, -0.05) is 13.8 Å². The molecule has 2 aliphatic rings. The third-order valence-electron chi connectivity index (χ3n) is 2.98. The molecule has 1 aliphatic carbocycles. The van der Waals surface area contributed by atoms with E-state index >= 15 is 0 Å². The Morgan fingerprint density at radius 3 is 2.78 bits per heavy atom. The molecule has 0 aromatic heterocycles. The smallest absolute Gasteiger partial charge is 0.345 e. The summed E-state index contributed by atoms with van der Waals surface area (Å²) in [5, 5.41) is 28.1. The molecule has 1 aliphatic heterocycles. The normalized spacial score (nSPS) is 29.9. The van der Waals surface area contributed by atoms with Gasteiger partial charge < -0.3 is 24.8 Å². The highest BCUT2D eigenvalue weighted by Gasteiger charge is 2.68. The van der Waals surface area contributed by atoms with E-state index in [1.807, 2.05) is 13.8 Å². The van der Waals surface area contributed by atoms with Gasteiger partial charge in [-0.3, -0.25) is 0 Å². The van der Waals surface area contributed by atoms with Gasteiger partial charge in [-0.15, -0.1) is 0 Å². The summed E-state index contributed by atoms with van der Waals surface area (Å²) in [6.45, 7) is 4.25. The number of hydrogen-bond donors (Lipinski definition) is 3. The molecular weight excluding hydrogens is 240 g/mol. The second-order valence-corrected chi connectivity index (χ2v) is 4.87. The first kappa shape index (κ1) is 12.8. The zero-order valence-electron chi connectivity index (χ0n) is 10.2. The van der Waals surface area contributed by atoms with Crippen LogP contribution in [0.5, 0.6) is 0 Å². The molecule has 0 aromatic carbocycles. The standard InChI is InChI=1S/C12H16O6/c1-6(2)3-4-17-11(16)12-5-7(13)8(14)9(15)10(12)18-12/h5-6,10,13-15H,3-4H2,1-2H3. The van der Waals surface area contributed by atoms with E-state index in [2.05, 4.69) is 0 Å². The fourth-order valence-electron chi connectivity index (χ4n) is 1.77. The first-order chi connectivity index (χ1) is 8.38. The predicted octanol–water partition coefficient (Wildman–Crippen LogP) is 1.50. The molecule has 1 fully saturated rings. The van der Waals surface area contributed by atoms with E-state index < -0.39 is 35.0 Å². The van der Waals surface area contributed by atoms with Gasteiger partial charge in [0.25, 0.3) is 0 Å². The Kier molecular flexibility index (Phi) is 2.98. The molecule has 100 valence electrons. The summed E-state index contributed by atoms with van der Waals surface area (Å²) in [4.78, 5) is 11.8. The Bertz CT molecular complexity index is 436. The minimum absolute atomic E-state index is 0.249. The molecule has 3 N–H and O–H groups in total. The molecule has 0 bridgehead atoms. The van der Waals surface area contributed by atoms with Gasteiger partial charge in [0.2, 0.25) is 5.60 Å². The van der Waals surface area contributed by atoms with E-state index in [4.69, 9.17) is 9.47 Å². The number of rotatable bonds is 4. The molecule has 1 saturated heterocycles. The maximum absolute atomic E-state index is 11.8. The molecule has 1 heterocycles. The van der Waals surface area contributed by atoms with Crippen LogP contribution in [-0.4, -0.2) is 39.6 Å². The SMILES string of the molecule is CC(C)CCOC(=O)C12C=C(O)C(O)=C(O)C1O2. The first-order valence-electron chi connectivity index (χ1n) is 5.78. The third kappa shape index (κ3) is 1.92. The van der Waals surface area contributed by atoms with Gasteiger partial charge in [0.05, 0.1) is 6.61 Å². The minimum Gasteiger partial charge on any atom is -0.506 e. The number of ether oxygens (including phenoxy) is 2. The lowest BCUT2D eigenvalue weighted by molar-refractivity contribution is -0.148. The van der Waals surface area contributed by atoms with Gasteiger partial charge in [-0.25, -0.2) is 4.79 Å².